The first-order valence-electron chi connectivity index (χ1n) is 7.26. The van der Waals surface area contributed by atoms with E-state index >= 15 is 0 Å². The van der Waals surface area contributed by atoms with Crippen LogP contribution in [0, 0.1) is 0 Å². The number of aromatic nitrogens is 2. The van der Waals surface area contributed by atoms with Crippen LogP contribution in [0.15, 0.2) is 42.9 Å². The molecule has 3 rings (SSSR count). The molecule has 2 heterocycles. The van der Waals surface area contributed by atoms with Gasteiger partial charge in [0, 0.05) is 12.4 Å². The Morgan fingerprint density at radius 2 is 2.14 bits per heavy atom. The molecule has 5 heteroatoms. The van der Waals surface area contributed by atoms with Crippen molar-refractivity contribution in [2.75, 3.05) is 13.2 Å². The molecule has 2 atom stereocenters. The van der Waals surface area contributed by atoms with Crippen molar-refractivity contribution in [2.45, 2.75) is 25.5 Å². The largest absolute Gasteiger partial charge is 0.486 e. The van der Waals surface area contributed by atoms with E-state index in [9.17, 15) is 0 Å². The van der Waals surface area contributed by atoms with Crippen LogP contribution in [-0.4, -0.2) is 29.2 Å². The molecule has 1 N–H and O–H groups in total. The molecule has 1 aromatic carbocycles. The fraction of sp³-hybridized carbons (Fsp3) is 0.375. The summed E-state index contributed by atoms with van der Waals surface area (Å²) in [6.45, 7) is 3.52. The lowest BCUT2D eigenvalue weighted by molar-refractivity contribution is 0.0604. The zero-order valence-corrected chi connectivity index (χ0v) is 12.0. The molecule has 1 aromatic heterocycles. The summed E-state index contributed by atoms with van der Waals surface area (Å²) < 4.78 is 11.9. The monoisotopic (exact) mass is 285 g/mol. The smallest absolute Gasteiger partial charge is 0.161 e. The van der Waals surface area contributed by atoms with Gasteiger partial charge in [-0.1, -0.05) is 19.1 Å². The SMILES string of the molecule is CCCNC(c1cnccn1)C1COc2ccccc2O1. The van der Waals surface area contributed by atoms with Crippen LogP contribution >= 0.6 is 0 Å². The Bertz CT molecular complexity index is 577. The molecule has 0 radical (unpaired) electrons. The van der Waals surface area contributed by atoms with E-state index in [0.717, 1.165) is 30.2 Å². The first-order chi connectivity index (χ1) is 10.4. The summed E-state index contributed by atoms with van der Waals surface area (Å²) in [7, 11) is 0. The van der Waals surface area contributed by atoms with Gasteiger partial charge in [-0.05, 0) is 25.1 Å². The van der Waals surface area contributed by atoms with Gasteiger partial charge in [-0.2, -0.15) is 0 Å². The van der Waals surface area contributed by atoms with Crippen LogP contribution in [0.5, 0.6) is 11.5 Å². The van der Waals surface area contributed by atoms with Gasteiger partial charge in [0.1, 0.15) is 6.61 Å². The third-order valence-electron chi connectivity index (χ3n) is 3.42. The molecule has 0 aliphatic carbocycles. The Balaban J connectivity index is 1.81. The third-order valence-corrected chi connectivity index (χ3v) is 3.42. The van der Waals surface area contributed by atoms with Gasteiger partial charge in [-0.15, -0.1) is 0 Å². The summed E-state index contributed by atoms with van der Waals surface area (Å²) in [5.41, 5.74) is 0.874. The number of ether oxygens (including phenoxy) is 2. The Morgan fingerprint density at radius 3 is 2.90 bits per heavy atom. The number of hydrogen-bond donors (Lipinski definition) is 1. The van der Waals surface area contributed by atoms with Crippen molar-refractivity contribution >= 4 is 0 Å². The molecular weight excluding hydrogens is 266 g/mol. The molecule has 0 fully saturated rings. The zero-order chi connectivity index (χ0) is 14.5. The number of hydrogen-bond acceptors (Lipinski definition) is 5. The number of nitrogens with one attached hydrogen (secondary N) is 1. The molecule has 0 saturated heterocycles. The van der Waals surface area contributed by atoms with E-state index in [2.05, 4.69) is 22.2 Å². The van der Waals surface area contributed by atoms with Gasteiger partial charge in [0.2, 0.25) is 0 Å². The number of benzene rings is 1. The second kappa shape index (κ2) is 6.54. The molecule has 0 bridgehead atoms. The van der Waals surface area contributed by atoms with Gasteiger partial charge in [0.05, 0.1) is 17.9 Å². The van der Waals surface area contributed by atoms with E-state index in [-0.39, 0.29) is 12.1 Å². The molecule has 0 saturated carbocycles. The normalized spacial score (nSPS) is 18.2. The molecule has 2 aromatic rings. The predicted molar refractivity (Wildman–Crippen MR) is 79.4 cm³/mol. The standard InChI is InChI=1S/C16H19N3O2/c1-2-7-19-16(12-10-17-8-9-18-12)15-11-20-13-5-3-4-6-14(13)21-15/h3-6,8-10,15-16,19H,2,7,11H2,1H3. The van der Waals surface area contributed by atoms with E-state index in [0.29, 0.717) is 6.61 Å². The van der Waals surface area contributed by atoms with Crippen molar-refractivity contribution in [3.05, 3.63) is 48.5 Å². The van der Waals surface area contributed by atoms with Crippen LogP contribution in [0.25, 0.3) is 0 Å². The highest BCUT2D eigenvalue weighted by Gasteiger charge is 2.30. The topological polar surface area (TPSA) is 56.3 Å². The van der Waals surface area contributed by atoms with Crippen molar-refractivity contribution in [1.82, 2.24) is 15.3 Å². The Hall–Kier alpha value is -2.14. The number of nitrogens with zero attached hydrogens (tertiary/aromatic N) is 2. The minimum atomic E-state index is -0.122. The van der Waals surface area contributed by atoms with Crippen LogP contribution in [0.3, 0.4) is 0 Å². The van der Waals surface area contributed by atoms with Gasteiger partial charge >= 0.3 is 0 Å². The van der Waals surface area contributed by atoms with Crippen LogP contribution in [-0.2, 0) is 0 Å². The second-order valence-corrected chi connectivity index (χ2v) is 4.98. The molecule has 2 unspecified atom stereocenters. The lowest BCUT2D eigenvalue weighted by Gasteiger charge is -2.32. The average Bonchev–Trinajstić information content (AvgIpc) is 2.56. The summed E-state index contributed by atoms with van der Waals surface area (Å²) in [4.78, 5) is 8.56. The highest BCUT2D eigenvalue weighted by Crippen LogP contribution is 2.33. The summed E-state index contributed by atoms with van der Waals surface area (Å²) in [6, 6.07) is 7.70. The van der Waals surface area contributed by atoms with Gasteiger partial charge in [-0.25, -0.2) is 0 Å². The molecular formula is C16H19N3O2. The van der Waals surface area contributed by atoms with E-state index in [4.69, 9.17) is 9.47 Å². The fourth-order valence-electron chi connectivity index (χ4n) is 2.40. The van der Waals surface area contributed by atoms with Gasteiger partial charge in [0.15, 0.2) is 17.6 Å². The fourth-order valence-corrected chi connectivity index (χ4v) is 2.40. The highest BCUT2D eigenvalue weighted by atomic mass is 16.6. The van der Waals surface area contributed by atoms with Gasteiger partial charge in [-0.3, -0.25) is 9.97 Å². The lowest BCUT2D eigenvalue weighted by Crippen LogP contribution is -2.42. The maximum atomic E-state index is 6.09. The maximum Gasteiger partial charge on any atom is 0.161 e. The predicted octanol–water partition coefficient (Wildman–Crippen LogP) is 2.36. The van der Waals surface area contributed by atoms with Gasteiger partial charge in [0.25, 0.3) is 0 Å². The van der Waals surface area contributed by atoms with Crippen LogP contribution < -0.4 is 14.8 Å². The highest BCUT2D eigenvalue weighted by molar-refractivity contribution is 5.41. The van der Waals surface area contributed by atoms with Crippen molar-refractivity contribution in [1.29, 1.82) is 0 Å². The molecule has 21 heavy (non-hydrogen) atoms. The van der Waals surface area contributed by atoms with Crippen molar-refractivity contribution < 1.29 is 9.47 Å². The third kappa shape index (κ3) is 3.13. The quantitative estimate of drug-likeness (QED) is 0.914. The maximum absolute atomic E-state index is 6.09. The van der Waals surface area contributed by atoms with E-state index in [1.54, 1.807) is 18.6 Å². The van der Waals surface area contributed by atoms with E-state index in [1.165, 1.54) is 0 Å². The number of para-hydroxylation sites is 2. The van der Waals surface area contributed by atoms with Crippen molar-refractivity contribution in [2.24, 2.45) is 0 Å². The van der Waals surface area contributed by atoms with Crippen LogP contribution in [0.2, 0.25) is 0 Å². The van der Waals surface area contributed by atoms with Crippen molar-refractivity contribution in [3.8, 4) is 11.5 Å². The minimum absolute atomic E-state index is 0.0352. The summed E-state index contributed by atoms with van der Waals surface area (Å²) in [5.74, 6) is 1.57. The molecule has 1 aliphatic heterocycles. The molecule has 0 amide bonds. The summed E-state index contributed by atoms with van der Waals surface area (Å²) in [6.07, 6.45) is 6.07. The molecule has 1 aliphatic rings. The minimum Gasteiger partial charge on any atom is -0.486 e. The molecule has 0 spiro atoms. The first-order valence-corrected chi connectivity index (χ1v) is 7.26. The number of fused-ring (bicyclic) bond motifs is 1. The van der Waals surface area contributed by atoms with Crippen LogP contribution in [0.1, 0.15) is 25.1 Å². The van der Waals surface area contributed by atoms with Crippen LogP contribution in [0.4, 0.5) is 0 Å². The Labute approximate surface area is 124 Å². The first kappa shape index (κ1) is 13.8. The second-order valence-electron chi connectivity index (χ2n) is 4.98. The summed E-state index contributed by atoms with van der Waals surface area (Å²) in [5, 5.41) is 3.48. The molecule has 110 valence electrons. The van der Waals surface area contributed by atoms with Crippen molar-refractivity contribution in [3.63, 3.8) is 0 Å². The molecule has 5 nitrogen and oxygen atoms in total. The zero-order valence-electron chi connectivity index (χ0n) is 12.0. The van der Waals surface area contributed by atoms with Gasteiger partial charge < -0.3 is 14.8 Å². The van der Waals surface area contributed by atoms with E-state index in [1.807, 2.05) is 24.3 Å². The Kier molecular flexibility index (Phi) is 4.31. The summed E-state index contributed by atoms with van der Waals surface area (Å²) >= 11 is 0. The van der Waals surface area contributed by atoms with E-state index < -0.39 is 0 Å². The average molecular weight is 285 g/mol. The Morgan fingerprint density at radius 1 is 1.29 bits per heavy atom. The lowest BCUT2D eigenvalue weighted by atomic mass is 10.1. The number of rotatable bonds is 5.